The normalized spacial score (nSPS) is 11.5. The van der Waals surface area contributed by atoms with Crippen molar-refractivity contribution in [2.45, 2.75) is 13.0 Å². The summed E-state index contributed by atoms with van der Waals surface area (Å²) in [7, 11) is 0. The fraction of sp³-hybridized carbons (Fsp3) is 0.455. The van der Waals surface area contributed by atoms with Crippen molar-refractivity contribution in [3.63, 3.8) is 0 Å². The van der Waals surface area contributed by atoms with Crippen LogP contribution < -0.4 is 0 Å². The Kier molecular flexibility index (Phi) is 6.09. The molecule has 0 saturated heterocycles. The summed E-state index contributed by atoms with van der Waals surface area (Å²) in [6.45, 7) is 0.0615. The lowest BCUT2D eigenvalue weighted by Gasteiger charge is -2.21. The van der Waals surface area contributed by atoms with E-state index >= 15 is 0 Å². The monoisotopic (exact) mass is 285 g/mol. The smallest absolute Gasteiger partial charge is 0.251 e. The van der Waals surface area contributed by atoms with E-state index in [0.717, 1.165) is 0 Å². The molecule has 0 amide bonds. The van der Waals surface area contributed by atoms with E-state index in [-0.39, 0.29) is 17.4 Å². The second-order valence-electron chi connectivity index (χ2n) is 3.53. The molecule has 0 heterocycles. The molecular weight excluding hydrogens is 274 g/mol. The topological polar surface area (TPSA) is 3.24 Å². The molecule has 0 aliphatic rings. The third kappa shape index (κ3) is 4.74. The maximum absolute atomic E-state index is 13.2. The first-order valence-electron chi connectivity index (χ1n) is 5.04. The molecule has 0 bridgehead atoms. The van der Waals surface area contributed by atoms with Crippen LogP contribution in [0.1, 0.15) is 5.56 Å². The highest BCUT2D eigenvalue weighted by atomic mass is 35.5. The summed E-state index contributed by atoms with van der Waals surface area (Å²) >= 11 is 11.3. The molecule has 1 aromatic rings. The molecule has 0 saturated carbocycles. The lowest BCUT2D eigenvalue weighted by Crippen LogP contribution is -2.30. The van der Waals surface area contributed by atoms with E-state index < -0.39 is 18.8 Å². The molecule has 0 unspecified atom stereocenters. The van der Waals surface area contributed by atoms with Gasteiger partial charge in [0, 0.05) is 19.0 Å². The van der Waals surface area contributed by atoms with Crippen molar-refractivity contribution >= 4 is 23.2 Å². The van der Waals surface area contributed by atoms with Gasteiger partial charge in [-0.05, 0) is 11.6 Å². The molecule has 96 valence electrons. The Balaban J connectivity index is 2.74. The van der Waals surface area contributed by atoms with Gasteiger partial charge in [0.2, 0.25) is 0 Å². The molecule has 0 atom stereocenters. The maximum Gasteiger partial charge on any atom is 0.251 e. The van der Waals surface area contributed by atoms with E-state index in [1.54, 1.807) is 6.07 Å². The summed E-state index contributed by atoms with van der Waals surface area (Å²) in [5.74, 6) is -0.313. The van der Waals surface area contributed by atoms with Crippen molar-refractivity contribution in [2.24, 2.45) is 0 Å². The molecule has 0 radical (unpaired) electrons. The minimum absolute atomic E-state index is 0.0265. The molecule has 17 heavy (non-hydrogen) atoms. The minimum Gasteiger partial charge on any atom is -0.292 e. The van der Waals surface area contributed by atoms with Crippen molar-refractivity contribution in [1.82, 2.24) is 4.90 Å². The Morgan fingerprint density at radius 1 is 1.29 bits per heavy atom. The third-order valence-electron chi connectivity index (χ3n) is 2.22. The van der Waals surface area contributed by atoms with Gasteiger partial charge in [-0.15, -0.1) is 11.6 Å². The zero-order valence-electron chi connectivity index (χ0n) is 8.97. The zero-order chi connectivity index (χ0) is 12.8. The molecule has 1 rings (SSSR count). The Morgan fingerprint density at radius 3 is 2.59 bits per heavy atom. The summed E-state index contributed by atoms with van der Waals surface area (Å²) in [4.78, 5) is 1.44. The molecule has 0 spiro atoms. The first-order valence-corrected chi connectivity index (χ1v) is 5.95. The van der Waals surface area contributed by atoms with E-state index in [2.05, 4.69) is 0 Å². The van der Waals surface area contributed by atoms with Gasteiger partial charge in [-0.25, -0.2) is 13.2 Å². The fourth-order valence-electron chi connectivity index (χ4n) is 1.46. The zero-order valence-corrected chi connectivity index (χ0v) is 10.5. The number of hydrogen-bond donors (Lipinski definition) is 0. The van der Waals surface area contributed by atoms with Crippen molar-refractivity contribution < 1.29 is 13.2 Å². The molecule has 1 aromatic carbocycles. The van der Waals surface area contributed by atoms with Crippen LogP contribution in [0.5, 0.6) is 0 Å². The molecule has 0 aliphatic carbocycles. The van der Waals surface area contributed by atoms with E-state index in [9.17, 15) is 13.2 Å². The molecular formula is C11H12Cl2F3N. The van der Waals surface area contributed by atoms with Crippen LogP contribution in [0.15, 0.2) is 18.2 Å². The minimum atomic E-state index is -2.45. The fourth-order valence-corrected chi connectivity index (χ4v) is 1.89. The van der Waals surface area contributed by atoms with Gasteiger partial charge in [0.15, 0.2) is 0 Å². The van der Waals surface area contributed by atoms with Crippen LogP contribution in [0.2, 0.25) is 5.02 Å². The van der Waals surface area contributed by atoms with Crippen molar-refractivity contribution in [1.29, 1.82) is 0 Å². The van der Waals surface area contributed by atoms with Crippen molar-refractivity contribution in [3.8, 4) is 0 Å². The van der Waals surface area contributed by atoms with Crippen LogP contribution in [0, 0.1) is 5.82 Å². The van der Waals surface area contributed by atoms with Gasteiger partial charge in [0.05, 0.1) is 11.6 Å². The van der Waals surface area contributed by atoms with E-state index in [1.165, 1.54) is 17.0 Å². The van der Waals surface area contributed by atoms with Crippen LogP contribution in [0.25, 0.3) is 0 Å². The average molecular weight is 286 g/mol. The van der Waals surface area contributed by atoms with Gasteiger partial charge in [0.25, 0.3) is 6.43 Å². The van der Waals surface area contributed by atoms with E-state index in [4.69, 9.17) is 23.2 Å². The SMILES string of the molecule is Fc1cccc(CN(CCCl)CC(F)F)c1Cl. The number of hydrogen-bond acceptors (Lipinski definition) is 1. The van der Waals surface area contributed by atoms with Gasteiger partial charge in [-0.2, -0.15) is 0 Å². The second kappa shape index (κ2) is 7.09. The molecule has 0 fully saturated rings. The maximum atomic E-state index is 13.2. The molecule has 1 nitrogen and oxygen atoms in total. The first kappa shape index (κ1) is 14.6. The highest BCUT2D eigenvalue weighted by Gasteiger charge is 2.14. The Bertz CT molecular complexity index is 361. The summed E-state index contributed by atoms with van der Waals surface area (Å²) < 4.78 is 37.8. The quantitative estimate of drug-likeness (QED) is 0.719. The van der Waals surface area contributed by atoms with E-state index in [1.807, 2.05) is 0 Å². The largest absolute Gasteiger partial charge is 0.292 e. The lowest BCUT2D eigenvalue weighted by molar-refractivity contribution is 0.0878. The molecule has 0 aliphatic heterocycles. The lowest BCUT2D eigenvalue weighted by atomic mass is 10.2. The van der Waals surface area contributed by atoms with Crippen LogP contribution in [0.4, 0.5) is 13.2 Å². The van der Waals surface area contributed by atoms with Crippen LogP contribution >= 0.6 is 23.2 Å². The van der Waals surface area contributed by atoms with Crippen LogP contribution in [-0.2, 0) is 6.54 Å². The third-order valence-corrected chi connectivity index (χ3v) is 2.81. The summed E-state index contributed by atoms with van der Waals surface area (Å²) in [5.41, 5.74) is 0.484. The highest BCUT2D eigenvalue weighted by molar-refractivity contribution is 6.31. The number of benzene rings is 1. The second-order valence-corrected chi connectivity index (χ2v) is 4.28. The summed E-state index contributed by atoms with van der Waals surface area (Å²) in [5, 5.41) is -0.0265. The average Bonchev–Trinajstić information content (AvgIpc) is 2.24. The van der Waals surface area contributed by atoms with Gasteiger partial charge in [0.1, 0.15) is 5.82 Å². The first-order chi connectivity index (χ1) is 8.04. The van der Waals surface area contributed by atoms with Gasteiger partial charge < -0.3 is 0 Å². The van der Waals surface area contributed by atoms with E-state index in [0.29, 0.717) is 12.1 Å². The van der Waals surface area contributed by atoms with Gasteiger partial charge in [-0.3, -0.25) is 4.90 Å². The predicted octanol–water partition coefficient (Wildman–Crippen LogP) is 3.79. The summed E-state index contributed by atoms with van der Waals surface area (Å²) in [6, 6.07) is 4.33. The molecule has 0 aromatic heterocycles. The summed E-state index contributed by atoms with van der Waals surface area (Å²) in [6.07, 6.45) is -2.45. The van der Waals surface area contributed by atoms with Crippen molar-refractivity contribution in [3.05, 3.63) is 34.6 Å². The Labute approximate surface area is 108 Å². The number of rotatable bonds is 6. The van der Waals surface area contributed by atoms with Gasteiger partial charge >= 0.3 is 0 Å². The molecule has 0 N–H and O–H groups in total. The Hall–Kier alpha value is -0.450. The number of nitrogens with zero attached hydrogens (tertiary/aromatic N) is 1. The van der Waals surface area contributed by atoms with Gasteiger partial charge in [-0.1, -0.05) is 23.7 Å². The van der Waals surface area contributed by atoms with Crippen molar-refractivity contribution in [2.75, 3.05) is 19.0 Å². The molecule has 6 heteroatoms. The standard InChI is InChI=1S/C11H12Cl2F3N/c12-4-5-17(7-10(15)16)6-8-2-1-3-9(14)11(8)13/h1-3,10H,4-7H2. The Morgan fingerprint density at radius 2 is 2.00 bits per heavy atom. The van der Waals surface area contributed by atoms with Crippen LogP contribution in [0.3, 0.4) is 0 Å². The highest BCUT2D eigenvalue weighted by Crippen LogP contribution is 2.21. The predicted molar refractivity (Wildman–Crippen MR) is 63.4 cm³/mol. The number of alkyl halides is 3. The number of halogens is 5. The van der Waals surface area contributed by atoms with Crippen LogP contribution in [-0.4, -0.2) is 30.3 Å².